The van der Waals surface area contributed by atoms with Crippen molar-refractivity contribution in [1.82, 2.24) is 5.32 Å². The molecule has 2 atom stereocenters. The Bertz CT molecular complexity index is 417. The summed E-state index contributed by atoms with van der Waals surface area (Å²) in [5.41, 5.74) is 1.20. The first-order valence-electron chi connectivity index (χ1n) is 6.76. The van der Waals surface area contributed by atoms with E-state index in [0.29, 0.717) is 6.42 Å². The highest BCUT2D eigenvalue weighted by atomic mass is 16.5. The van der Waals surface area contributed by atoms with E-state index in [1.165, 1.54) is 5.56 Å². The van der Waals surface area contributed by atoms with E-state index < -0.39 is 0 Å². The molecule has 98 valence electrons. The minimum Gasteiger partial charge on any atom is -0.494 e. The Morgan fingerprint density at radius 3 is 2.94 bits per heavy atom. The van der Waals surface area contributed by atoms with Crippen molar-refractivity contribution in [2.75, 3.05) is 6.61 Å². The van der Waals surface area contributed by atoms with Crippen LogP contribution in [0.5, 0.6) is 5.75 Å². The van der Waals surface area contributed by atoms with E-state index in [1.807, 2.05) is 12.1 Å². The third-order valence-corrected chi connectivity index (χ3v) is 3.44. The van der Waals surface area contributed by atoms with Crippen LogP contribution in [0.2, 0.25) is 0 Å². The first-order valence-corrected chi connectivity index (χ1v) is 6.76. The zero-order valence-corrected chi connectivity index (χ0v) is 11.1. The van der Waals surface area contributed by atoms with Gasteiger partial charge in [0.15, 0.2) is 0 Å². The summed E-state index contributed by atoms with van der Waals surface area (Å²) in [5.74, 6) is 1.35. The monoisotopic (exact) mass is 247 g/mol. The fourth-order valence-electron chi connectivity index (χ4n) is 2.50. The van der Waals surface area contributed by atoms with Gasteiger partial charge in [-0.3, -0.25) is 4.79 Å². The maximum Gasteiger partial charge on any atom is 0.220 e. The number of ether oxygens (including phenoxy) is 1. The number of hydrogen-bond donors (Lipinski definition) is 1. The quantitative estimate of drug-likeness (QED) is 0.869. The third-order valence-electron chi connectivity index (χ3n) is 3.44. The van der Waals surface area contributed by atoms with Gasteiger partial charge in [0.05, 0.1) is 6.61 Å². The van der Waals surface area contributed by atoms with Gasteiger partial charge in [0.1, 0.15) is 5.75 Å². The van der Waals surface area contributed by atoms with Crippen molar-refractivity contribution < 1.29 is 9.53 Å². The zero-order valence-electron chi connectivity index (χ0n) is 11.1. The molecule has 1 heterocycles. The highest BCUT2D eigenvalue weighted by molar-refractivity contribution is 5.80. The Hall–Kier alpha value is -1.51. The lowest BCUT2D eigenvalue weighted by atomic mass is 9.90. The van der Waals surface area contributed by atoms with Crippen LogP contribution in [0.1, 0.15) is 44.6 Å². The zero-order chi connectivity index (χ0) is 13.0. The van der Waals surface area contributed by atoms with Crippen molar-refractivity contribution in [2.45, 2.75) is 45.1 Å². The molecule has 18 heavy (non-hydrogen) atoms. The molecular formula is C15H21NO2. The molecule has 0 radical (unpaired) electrons. The lowest BCUT2D eigenvalue weighted by Gasteiger charge is -2.18. The summed E-state index contributed by atoms with van der Waals surface area (Å²) < 4.78 is 5.65. The van der Waals surface area contributed by atoms with Crippen LogP contribution in [-0.4, -0.2) is 18.6 Å². The highest BCUT2D eigenvalue weighted by Gasteiger charge is 2.32. The molecule has 2 rings (SSSR count). The van der Waals surface area contributed by atoms with Crippen molar-refractivity contribution in [3.63, 3.8) is 0 Å². The molecule has 2 unspecified atom stereocenters. The molecular weight excluding hydrogens is 226 g/mol. The standard InChI is InChI=1S/C15H21NO2/c1-3-8-18-12-7-5-6-11(9-12)13-10-15(17)16-14(13)4-2/h5-7,9,13-14H,3-4,8,10H2,1-2H3,(H,16,17). The second-order valence-electron chi connectivity index (χ2n) is 4.81. The van der Waals surface area contributed by atoms with Gasteiger partial charge in [0.25, 0.3) is 0 Å². The number of carbonyl (C=O) groups is 1. The Morgan fingerprint density at radius 2 is 2.22 bits per heavy atom. The molecule has 1 fully saturated rings. The summed E-state index contributed by atoms with van der Waals surface area (Å²) in [7, 11) is 0. The van der Waals surface area contributed by atoms with Gasteiger partial charge in [-0.05, 0) is 30.5 Å². The van der Waals surface area contributed by atoms with Gasteiger partial charge < -0.3 is 10.1 Å². The van der Waals surface area contributed by atoms with E-state index in [-0.39, 0.29) is 17.9 Å². The van der Waals surface area contributed by atoms with Gasteiger partial charge >= 0.3 is 0 Å². The Morgan fingerprint density at radius 1 is 1.39 bits per heavy atom. The molecule has 0 aromatic heterocycles. The van der Waals surface area contributed by atoms with Crippen LogP contribution in [0.25, 0.3) is 0 Å². The highest BCUT2D eigenvalue weighted by Crippen LogP contribution is 2.31. The molecule has 1 aromatic carbocycles. The summed E-state index contributed by atoms with van der Waals surface area (Å²) in [6.07, 6.45) is 2.57. The van der Waals surface area contributed by atoms with E-state index in [0.717, 1.165) is 25.2 Å². The van der Waals surface area contributed by atoms with Crippen LogP contribution < -0.4 is 10.1 Å². The molecule has 3 nitrogen and oxygen atoms in total. The van der Waals surface area contributed by atoms with Gasteiger partial charge in [-0.15, -0.1) is 0 Å². The first-order chi connectivity index (χ1) is 8.74. The van der Waals surface area contributed by atoms with E-state index >= 15 is 0 Å². The van der Waals surface area contributed by atoms with Crippen LogP contribution in [0, 0.1) is 0 Å². The Balaban J connectivity index is 2.14. The molecule has 0 saturated carbocycles. The Kier molecular flexibility index (Phi) is 4.24. The average Bonchev–Trinajstić information content (AvgIpc) is 2.78. The van der Waals surface area contributed by atoms with Gasteiger partial charge in [0, 0.05) is 18.4 Å². The lowest BCUT2D eigenvalue weighted by molar-refractivity contribution is -0.119. The number of nitrogens with one attached hydrogen (secondary N) is 1. The molecule has 1 N–H and O–H groups in total. The molecule has 1 saturated heterocycles. The number of amides is 1. The normalized spacial score (nSPS) is 22.9. The topological polar surface area (TPSA) is 38.3 Å². The van der Waals surface area contributed by atoms with Crippen LogP contribution in [0.15, 0.2) is 24.3 Å². The summed E-state index contributed by atoms with van der Waals surface area (Å²) in [6, 6.07) is 8.41. The number of carbonyl (C=O) groups excluding carboxylic acids is 1. The Labute approximate surface area is 109 Å². The fourth-order valence-corrected chi connectivity index (χ4v) is 2.50. The van der Waals surface area contributed by atoms with E-state index in [2.05, 4.69) is 31.3 Å². The smallest absolute Gasteiger partial charge is 0.220 e. The van der Waals surface area contributed by atoms with Gasteiger partial charge in [-0.1, -0.05) is 26.0 Å². The predicted molar refractivity (Wildman–Crippen MR) is 71.8 cm³/mol. The molecule has 0 bridgehead atoms. The first kappa shape index (κ1) is 12.9. The fraction of sp³-hybridized carbons (Fsp3) is 0.533. The largest absolute Gasteiger partial charge is 0.494 e. The minimum atomic E-state index is 0.159. The number of rotatable bonds is 5. The van der Waals surface area contributed by atoms with E-state index in [1.54, 1.807) is 0 Å². The lowest BCUT2D eigenvalue weighted by Crippen LogP contribution is -2.27. The predicted octanol–water partition coefficient (Wildman–Crippen LogP) is 2.86. The second-order valence-corrected chi connectivity index (χ2v) is 4.81. The molecule has 0 aliphatic carbocycles. The van der Waals surface area contributed by atoms with Crippen molar-refractivity contribution in [3.05, 3.63) is 29.8 Å². The van der Waals surface area contributed by atoms with Crippen molar-refractivity contribution >= 4 is 5.91 Å². The maximum absolute atomic E-state index is 11.5. The van der Waals surface area contributed by atoms with Crippen LogP contribution in [-0.2, 0) is 4.79 Å². The van der Waals surface area contributed by atoms with Gasteiger partial charge in [0.2, 0.25) is 5.91 Å². The van der Waals surface area contributed by atoms with Crippen molar-refractivity contribution in [2.24, 2.45) is 0 Å². The van der Waals surface area contributed by atoms with Crippen molar-refractivity contribution in [1.29, 1.82) is 0 Å². The summed E-state index contributed by atoms with van der Waals surface area (Å²) in [6.45, 7) is 4.94. The molecule has 1 amide bonds. The molecule has 1 aromatic rings. The van der Waals surface area contributed by atoms with E-state index in [9.17, 15) is 4.79 Å². The molecule has 0 spiro atoms. The number of hydrogen-bond acceptors (Lipinski definition) is 2. The molecule has 1 aliphatic heterocycles. The average molecular weight is 247 g/mol. The minimum absolute atomic E-state index is 0.159. The maximum atomic E-state index is 11.5. The number of benzene rings is 1. The van der Waals surface area contributed by atoms with Gasteiger partial charge in [-0.25, -0.2) is 0 Å². The van der Waals surface area contributed by atoms with Gasteiger partial charge in [-0.2, -0.15) is 0 Å². The molecule has 1 aliphatic rings. The summed E-state index contributed by atoms with van der Waals surface area (Å²) in [5, 5.41) is 3.03. The second kappa shape index (κ2) is 5.89. The van der Waals surface area contributed by atoms with Crippen LogP contribution >= 0.6 is 0 Å². The third kappa shape index (κ3) is 2.84. The SMILES string of the molecule is CCCOc1cccc(C2CC(=O)NC2CC)c1. The van der Waals surface area contributed by atoms with Crippen molar-refractivity contribution in [3.8, 4) is 5.75 Å². The molecule has 3 heteroatoms. The van der Waals surface area contributed by atoms with Crippen LogP contribution in [0.4, 0.5) is 0 Å². The van der Waals surface area contributed by atoms with Crippen LogP contribution in [0.3, 0.4) is 0 Å². The van der Waals surface area contributed by atoms with E-state index in [4.69, 9.17) is 4.74 Å². The summed E-state index contributed by atoms with van der Waals surface area (Å²) >= 11 is 0. The summed E-state index contributed by atoms with van der Waals surface area (Å²) in [4.78, 5) is 11.5.